The number of hydrogen-bond donors (Lipinski definition) is 0. The van der Waals surface area contributed by atoms with Gasteiger partial charge >= 0.3 is 0 Å². The first-order valence-corrected chi connectivity index (χ1v) is 9.51. The Bertz CT molecular complexity index is 874. The summed E-state index contributed by atoms with van der Waals surface area (Å²) in [6.45, 7) is 4.64. The molecule has 0 spiro atoms. The normalized spacial score (nSPS) is 17.3. The van der Waals surface area contributed by atoms with Crippen LogP contribution in [0.15, 0.2) is 58.4 Å². The van der Waals surface area contributed by atoms with Crippen molar-refractivity contribution in [1.29, 1.82) is 0 Å². The highest BCUT2D eigenvalue weighted by atomic mass is 32.2. The zero-order chi connectivity index (χ0) is 18.5. The highest BCUT2D eigenvalue weighted by molar-refractivity contribution is 8.18. The van der Waals surface area contributed by atoms with Crippen molar-refractivity contribution in [3.63, 3.8) is 0 Å². The van der Waals surface area contributed by atoms with E-state index in [0.29, 0.717) is 16.7 Å². The van der Waals surface area contributed by atoms with Crippen molar-refractivity contribution in [3.8, 4) is 5.75 Å². The van der Waals surface area contributed by atoms with Crippen molar-refractivity contribution in [2.45, 2.75) is 20.3 Å². The standard InChI is InChI=1S/C21H22N2O2S/c1-4-15-10-6-8-12-17(15)22-21-23(3)20(24)19(26-21)14-16-11-7-9-13-18(16)25-5-2/h6-14H,4-5H2,1-3H3/b19-14+,22-21?. The number of thioether (sulfide) groups is 1. The van der Waals surface area contributed by atoms with Crippen molar-refractivity contribution < 1.29 is 9.53 Å². The average Bonchev–Trinajstić information content (AvgIpc) is 2.92. The van der Waals surface area contributed by atoms with E-state index in [1.807, 2.05) is 55.5 Å². The summed E-state index contributed by atoms with van der Waals surface area (Å²) in [6.07, 6.45) is 2.78. The number of amides is 1. The second-order valence-corrected chi connectivity index (χ2v) is 6.83. The number of hydrogen-bond acceptors (Lipinski definition) is 4. The number of nitrogens with zero attached hydrogens (tertiary/aromatic N) is 2. The SMILES string of the molecule is CCOc1ccccc1/C=C1/SC(=Nc2ccccc2CC)N(C)C1=O. The third-order valence-electron chi connectivity index (χ3n) is 4.10. The summed E-state index contributed by atoms with van der Waals surface area (Å²) in [5, 5.41) is 0.691. The van der Waals surface area contributed by atoms with Crippen LogP contribution in [0.25, 0.3) is 6.08 Å². The van der Waals surface area contributed by atoms with Gasteiger partial charge in [-0.2, -0.15) is 0 Å². The smallest absolute Gasteiger partial charge is 0.266 e. The summed E-state index contributed by atoms with van der Waals surface area (Å²) in [7, 11) is 1.76. The number of ether oxygens (including phenoxy) is 1. The lowest BCUT2D eigenvalue weighted by atomic mass is 10.1. The molecule has 26 heavy (non-hydrogen) atoms. The molecule has 0 aromatic heterocycles. The number of rotatable bonds is 5. The average molecular weight is 366 g/mol. The predicted octanol–water partition coefficient (Wildman–Crippen LogP) is 4.88. The van der Waals surface area contributed by atoms with Crippen LogP contribution < -0.4 is 4.74 Å². The third-order valence-corrected chi connectivity index (χ3v) is 5.16. The van der Waals surface area contributed by atoms with Gasteiger partial charge in [-0.1, -0.05) is 43.3 Å². The van der Waals surface area contributed by atoms with E-state index >= 15 is 0 Å². The van der Waals surface area contributed by atoms with Gasteiger partial charge in [0.1, 0.15) is 5.75 Å². The lowest BCUT2D eigenvalue weighted by molar-refractivity contribution is -0.121. The van der Waals surface area contributed by atoms with Crippen LogP contribution in [-0.4, -0.2) is 29.6 Å². The molecule has 0 radical (unpaired) electrons. The first kappa shape index (κ1) is 18.3. The van der Waals surface area contributed by atoms with Gasteiger partial charge in [0.05, 0.1) is 17.2 Å². The van der Waals surface area contributed by atoms with E-state index in [4.69, 9.17) is 9.73 Å². The fourth-order valence-electron chi connectivity index (χ4n) is 2.70. The third kappa shape index (κ3) is 3.83. The molecule has 1 aliphatic rings. The van der Waals surface area contributed by atoms with Crippen LogP contribution in [0, 0.1) is 0 Å². The van der Waals surface area contributed by atoms with E-state index in [1.165, 1.54) is 17.3 Å². The summed E-state index contributed by atoms with van der Waals surface area (Å²) >= 11 is 1.39. The van der Waals surface area contributed by atoms with Crippen molar-refractivity contribution in [3.05, 3.63) is 64.6 Å². The monoisotopic (exact) mass is 366 g/mol. The van der Waals surface area contributed by atoms with E-state index < -0.39 is 0 Å². The molecule has 5 heteroatoms. The molecule has 0 atom stereocenters. The lowest BCUT2D eigenvalue weighted by Gasteiger charge is -2.09. The number of amidine groups is 1. The Morgan fingerprint density at radius 3 is 2.62 bits per heavy atom. The van der Waals surface area contributed by atoms with Crippen LogP contribution in [0.3, 0.4) is 0 Å². The number of likely N-dealkylation sites (N-methyl/N-ethyl adjacent to an activating group) is 1. The Kier molecular flexibility index (Phi) is 5.78. The Labute approximate surface area is 158 Å². The molecule has 3 rings (SSSR count). The van der Waals surface area contributed by atoms with E-state index in [2.05, 4.69) is 13.0 Å². The Morgan fingerprint density at radius 2 is 1.85 bits per heavy atom. The van der Waals surface area contributed by atoms with Gasteiger partial charge in [-0.25, -0.2) is 4.99 Å². The molecule has 1 saturated heterocycles. The minimum Gasteiger partial charge on any atom is -0.493 e. The molecule has 0 bridgehead atoms. The number of aliphatic imine (C=N–C) groups is 1. The lowest BCUT2D eigenvalue weighted by Crippen LogP contribution is -2.23. The van der Waals surface area contributed by atoms with E-state index in [9.17, 15) is 4.79 Å². The van der Waals surface area contributed by atoms with Crippen LogP contribution in [0.5, 0.6) is 5.75 Å². The maximum atomic E-state index is 12.6. The molecule has 1 heterocycles. The number of para-hydroxylation sites is 2. The minimum absolute atomic E-state index is 0.0472. The second kappa shape index (κ2) is 8.23. The topological polar surface area (TPSA) is 41.9 Å². The summed E-state index contributed by atoms with van der Waals surface area (Å²) in [5.74, 6) is 0.731. The van der Waals surface area contributed by atoms with Gasteiger partial charge in [0, 0.05) is 12.6 Å². The molecule has 2 aromatic carbocycles. The largest absolute Gasteiger partial charge is 0.493 e. The molecule has 0 unspecified atom stereocenters. The van der Waals surface area contributed by atoms with Gasteiger partial charge in [0.15, 0.2) is 5.17 Å². The van der Waals surface area contributed by atoms with Crippen LogP contribution in [0.2, 0.25) is 0 Å². The summed E-state index contributed by atoms with van der Waals surface area (Å²) in [4.78, 5) is 19.6. The Hall–Kier alpha value is -2.53. The molecule has 0 saturated carbocycles. The van der Waals surface area contributed by atoms with Crippen molar-refractivity contribution in [1.82, 2.24) is 4.90 Å². The predicted molar refractivity (Wildman–Crippen MR) is 109 cm³/mol. The van der Waals surface area contributed by atoms with E-state index in [1.54, 1.807) is 11.9 Å². The minimum atomic E-state index is -0.0472. The van der Waals surface area contributed by atoms with Crippen LogP contribution >= 0.6 is 11.8 Å². The first-order valence-electron chi connectivity index (χ1n) is 8.70. The molecule has 0 N–H and O–H groups in total. The van der Waals surface area contributed by atoms with Crippen molar-refractivity contribution in [2.75, 3.05) is 13.7 Å². The molecule has 2 aromatic rings. The molecule has 0 aliphatic carbocycles. The fourth-order valence-corrected chi connectivity index (χ4v) is 3.67. The second-order valence-electron chi connectivity index (χ2n) is 5.82. The maximum Gasteiger partial charge on any atom is 0.266 e. The van der Waals surface area contributed by atoms with Gasteiger partial charge < -0.3 is 4.74 Å². The number of carbonyl (C=O) groups excluding carboxylic acids is 1. The number of aryl methyl sites for hydroxylation is 1. The zero-order valence-corrected chi connectivity index (χ0v) is 16.0. The maximum absolute atomic E-state index is 12.6. The number of carbonyl (C=O) groups is 1. The summed E-state index contributed by atoms with van der Waals surface area (Å²) in [5.41, 5.74) is 2.97. The van der Waals surface area contributed by atoms with Gasteiger partial charge in [-0.15, -0.1) is 0 Å². The van der Waals surface area contributed by atoms with Crippen LogP contribution in [0.4, 0.5) is 5.69 Å². The van der Waals surface area contributed by atoms with Gasteiger partial charge in [0.25, 0.3) is 5.91 Å². The van der Waals surface area contributed by atoms with Crippen molar-refractivity contribution >= 4 is 34.6 Å². The molecule has 1 aliphatic heterocycles. The van der Waals surface area contributed by atoms with Gasteiger partial charge in [-0.3, -0.25) is 9.69 Å². The van der Waals surface area contributed by atoms with Crippen LogP contribution in [0.1, 0.15) is 25.0 Å². The molecule has 134 valence electrons. The Morgan fingerprint density at radius 1 is 1.12 bits per heavy atom. The highest BCUT2D eigenvalue weighted by Gasteiger charge is 2.30. The highest BCUT2D eigenvalue weighted by Crippen LogP contribution is 2.35. The van der Waals surface area contributed by atoms with Crippen molar-refractivity contribution in [2.24, 2.45) is 4.99 Å². The quantitative estimate of drug-likeness (QED) is 0.708. The number of benzene rings is 2. The van der Waals surface area contributed by atoms with E-state index in [-0.39, 0.29) is 5.91 Å². The van der Waals surface area contributed by atoms with Crippen LogP contribution in [-0.2, 0) is 11.2 Å². The summed E-state index contributed by atoms with van der Waals surface area (Å²) < 4.78 is 5.65. The molecule has 4 nitrogen and oxygen atoms in total. The fraction of sp³-hybridized carbons (Fsp3) is 0.238. The van der Waals surface area contributed by atoms with Gasteiger partial charge in [-0.05, 0) is 48.9 Å². The first-order chi connectivity index (χ1) is 12.6. The molecule has 1 fully saturated rings. The Balaban J connectivity index is 1.93. The molecular formula is C21H22N2O2S. The zero-order valence-electron chi connectivity index (χ0n) is 15.2. The molecular weight excluding hydrogens is 344 g/mol. The van der Waals surface area contributed by atoms with E-state index in [0.717, 1.165) is 23.4 Å². The summed E-state index contributed by atoms with van der Waals surface area (Å²) in [6, 6.07) is 15.8. The molecule has 1 amide bonds. The van der Waals surface area contributed by atoms with Gasteiger partial charge in [0.2, 0.25) is 0 Å².